The Bertz CT molecular complexity index is 593. The minimum atomic E-state index is -4.39. The van der Waals surface area contributed by atoms with Gasteiger partial charge in [0.05, 0.1) is 18.3 Å². The van der Waals surface area contributed by atoms with E-state index in [9.17, 15) is 13.2 Å². The Morgan fingerprint density at radius 1 is 1.20 bits per heavy atom. The molecule has 0 aliphatic carbocycles. The second-order valence-electron chi connectivity index (χ2n) is 4.31. The van der Waals surface area contributed by atoms with Crippen LogP contribution in [-0.2, 0) is 19.1 Å². The summed E-state index contributed by atoms with van der Waals surface area (Å²) < 4.78 is 40.0. The van der Waals surface area contributed by atoms with E-state index >= 15 is 0 Å². The second-order valence-corrected chi connectivity index (χ2v) is 4.67. The van der Waals surface area contributed by atoms with Gasteiger partial charge in [-0.2, -0.15) is 18.3 Å². The molecule has 2 rings (SSSR count). The molecule has 1 heterocycles. The zero-order valence-corrected chi connectivity index (χ0v) is 11.2. The lowest BCUT2D eigenvalue weighted by atomic mass is 10.1. The van der Waals surface area contributed by atoms with Crippen molar-refractivity contribution in [3.63, 3.8) is 0 Å². The lowest BCUT2D eigenvalue weighted by Gasteiger charge is -2.13. The average molecular weight is 304 g/mol. The van der Waals surface area contributed by atoms with E-state index in [-0.39, 0.29) is 12.1 Å². The van der Waals surface area contributed by atoms with E-state index in [1.54, 1.807) is 6.07 Å². The minimum absolute atomic E-state index is 0.0287. The Labute approximate surface area is 119 Å². The molecule has 1 aromatic carbocycles. The number of hydrogen-bond acceptors (Lipinski definition) is 2. The largest absolute Gasteiger partial charge is 0.416 e. The third kappa shape index (κ3) is 3.13. The summed E-state index contributed by atoms with van der Waals surface area (Å²) >= 11 is 6.08. The maximum Gasteiger partial charge on any atom is 0.416 e. The van der Waals surface area contributed by atoms with Gasteiger partial charge in [0.1, 0.15) is 5.15 Å². The fourth-order valence-corrected chi connectivity index (χ4v) is 2.19. The fourth-order valence-electron chi connectivity index (χ4n) is 1.94. The first-order chi connectivity index (χ1) is 9.43. The molecular formula is C13H13ClF3N3. The Morgan fingerprint density at radius 2 is 1.90 bits per heavy atom. The number of aromatic nitrogens is 2. The highest BCUT2D eigenvalue weighted by Gasteiger charge is 2.33. The molecule has 2 N–H and O–H groups in total. The normalized spacial score (nSPS) is 11.8. The molecule has 0 atom stereocenters. The quantitative estimate of drug-likeness (QED) is 0.943. The summed E-state index contributed by atoms with van der Waals surface area (Å²) in [6.07, 6.45) is -2.32. The summed E-state index contributed by atoms with van der Waals surface area (Å²) in [6.45, 7) is 0.379. The zero-order chi connectivity index (χ0) is 14.8. The third-order valence-electron chi connectivity index (χ3n) is 2.90. The smallest absolute Gasteiger partial charge is 0.330 e. The molecule has 0 aliphatic rings. The number of halogens is 4. The summed E-state index contributed by atoms with van der Waals surface area (Å²) in [5.74, 6) is 0. The first kappa shape index (κ1) is 14.9. The van der Waals surface area contributed by atoms with E-state index in [0.29, 0.717) is 18.1 Å². The minimum Gasteiger partial charge on any atom is -0.330 e. The molecule has 0 radical (unpaired) electrons. The molecule has 0 saturated heterocycles. The number of alkyl halides is 3. The number of hydrogen-bond donors (Lipinski definition) is 1. The van der Waals surface area contributed by atoms with Gasteiger partial charge in [-0.3, -0.25) is 0 Å². The maximum atomic E-state index is 12.9. The topological polar surface area (TPSA) is 43.8 Å². The van der Waals surface area contributed by atoms with Gasteiger partial charge in [0.15, 0.2) is 0 Å². The summed E-state index contributed by atoms with van der Waals surface area (Å²) in [5, 5.41) is 4.34. The number of rotatable bonds is 4. The van der Waals surface area contributed by atoms with Crippen LogP contribution in [0.1, 0.15) is 16.7 Å². The van der Waals surface area contributed by atoms with Crippen LogP contribution in [0, 0.1) is 0 Å². The van der Waals surface area contributed by atoms with Gasteiger partial charge in [-0.25, -0.2) is 4.68 Å². The van der Waals surface area contributed by atoms with E-state index in [2.05, 4.69) is 5.10 Å². The predicted octanol–water partition coefficient (Wildman–Crippen LogP) is 3.10. The molecule has 0 fully saturated rings. The van der Waals surface area contributed by atoms with Crippen LogP contribution in [0.3, 0.4) is 0 Å². The predicted molar refractivity (Wildman–Crippen MR) is 70.5 cm³/mol. The van der Waals surface area contributed by atoms with Crippen molar-refractivity contribution >= 4 is 11.6 Å². The van der Waals surface area contributed by atoms with E-state index in [4.69, 9.17) is 17.3 Å². The molecule has 1 aromatic heterocycles. The van der Waals surface area contributed by atoms with Gasteiger partial charge >= 0.3 is 6.18 Å². The summed E-state index contributed by atoms with van der Waals surface area (Å²) in [7, 11) is 0. The summed E-state index contributed by atoms with van der Waals surface area (Å²) in [5.41, 5.74) is 5.62. The van der Waals surface area contributed by atoms with Crippen molar-refractivity contribution in [3.8, 4) is 0 Å². The van der Waals surface area contributed by atoms with Crippen molar-refractivity contribution in [2.75, 3.05) is 6.54 Å². The first-order valence-corrected chi connectivity index (χ1v) is 6.36. The number of benzene rings is 1. The van der Waals surface area contributed by atoms with Crippen molar-refractivity contribution in [1.29, 1.82) is 0 Å². The van der Waals surface area contributed by atoms with Crippen LogP contribution < -0.4 is 5.73 Å². The molecular weight excluding hydrogens is 291 g/mol. The van der Waals surface area contributed by atoms with Crippen LogP contribution >= 0.6 is 11.6 Å². The SMILES string of the molecule is NCCc1cnn(Cc2ccccc2C(F)(F)F)c1Cl. The molecule has 0 unspecified atom stereocenters. The second kappa shape index (κ2) is 5.85. The van der Waals surface area contributed by atoms with E-state index in [1.807, 2.05) is 0 Å². The highest BCUT2D eigenvalue weighted by molar-refractivity contribution is 6.30. The lowest BCUT2D eigenvalue weighted by Crippen LogP contribution is -2.12. The van der Waals surface area contributed by atoms with E-state index < -0.39 is 11.7 Å². The maximum absolute atomic E-state index is 12.9. The Morgan fingerprint density at radius 3 is 2.55 bits per heavy atom. The van der Waals surface area contributed by atoms with Gasteiger partial charge < -0.3 is 5.73 Å². The highest BCUT2D eigenvalue weighted by Crippen LogP contribution is 2.32. The van der Waals surface area contributed by atoms with E-state index in [0.717, 1.165) is 11.6 Å². The van der Waals surface area contributed by atoms with Crippen molar-refractivity contribution in [3.05, 3.63) is 52.3 Å². The Kier molecular flexibility index (Phi) is 4.35. The van der Waals surface area contributed by atoms with E-state index in [1.165, 1.54) is 23.0 Å². The monoisotopic (exact) mass is 303 g/mol. The van der Waals surface area contributed by atoms with Crippen molar-refractivity contribution in [2.24, 2.45) is 5.73 Å². The van der Waals surface area contributed by atoms with Crippen LogP contribution in [0.4, 0.5) is 13.2 Å². The van der Waals surface area contributed by atoms with Crippen molar-refractivity contribution in [1.82, 2.24) is 9.78 Å². The van der Waals surface area contributed by atoms with Crippen LogP contribution in [0.5, 0.6) is 0 Å². The summed E-state index contributed by atoms with van der Waals surface area (Å²) in [6, 6.07) is 5.39. The lowest BCUT2D eigenvalue weighted by molar-refractivity contribution is -0.138. The number of nitrogens with zero attached hydrogens (tertiary/aromatic N) is 2. The van der Waals surface area contributed by atoms with Gasteiger partial charge in [-0.05, 0) is 24.6 Å². The third-order valence-corrected chi connectivity index (χ3v) is 3.34. The van der Waals surface area contributed by atoms with Crippen LogP contribution in [0.15, 0.2) is 30.5 Å². The molecule has 0 bridgehead atoms. The molecule has 108 valence electrons. The van der Waals surface area contributed by atoms with Crippen LogP contribution in [0.25, 0.3) is 0 Å². The molecule has 0 amide bonds. The highest BCUT2D eigenvalue weighted by atomic mass is 35.5. The van der Waals surface area contributed by atoms with Crippen molar-refractivity contribution < 1.29 is 13.2 Å². The molecule has 20 heavy (non-hydrogen) atoms. The number of nitrogens with two attached hydrogens (primary N) is 1. The zero-order valence-electron chi connectivity index (χ0n) is 10.5. The average Bonchev–Trinajstić information content (AvgIpc) is 2.72. The molecule has 0 aliphatic heterocycles. The van der Waals surface area contributed by atoms with Gasteiger partial charge in [-0.1, -0.05) is 29.8 Å². The van der Waals surface area contributed by atoms with Gasteiger partial charge in [0.2, 0.25) is 0 Å². The van der Waals surface area contributed by atoms with Crippen LogP contribution in [-0.4, -0.2) is 16.3 Å². The summed E-state index contributed by atoms with van der Waals surface area (Å²) in [4.78, 5) is 0. The van der Waals surface area contributed by atoms with Crippen LogP contribution in [0.2, 0.25) is 5.15 Å². The standard InChI is InChI=1S/C13H13ClF3N3/c14-12-9(5-6-18)7-19-20(12)8-10-3-1-2-4-11(10)13(15,16)17/h1-4,7H,5-6,8,18H2. The van der Waals surface area contributed by atoms with Crippen molar-refractivity contribution in [2.45, 2.75) is 19.1 Å². The van der Waals surface area contributed by atoms with Gasteiger partial charge in [0.25, 0.3) is 0 Å². The van der Waals surface area contributed by atoms with Gasteiger partial charge in [0, 0.05) is 5.56 Å². The first-order valence-electron chi connectivity index (χ1n) is 5.99. The molecule has 0 spiro atoms. The molecule has 3 nitrogen and oxygen atoms in total. The Balaban J connectivity index is 2.31. The Hall–Kier alpha value is -1.53. The molecule has 2 aromatic rings. The molecule has 0 saturated carbocycles. The molecule has 7 heteroatoms. The van der Waals surface area contributed by atoms with Gasteiger partial charge in [-0.15, -0.1) is 0 Å². The fraction of sp³-hybridized carbons (Fsp3) is 0.308.